The SMILES string of the molecule is CCOc1cccc(/C=N\Nc2ccc(S(=O)(=O)O)cc2)c1. The van der Waals surface area contributed by atoms with Crippen LogP contribution in [0.15, 0.2) is 58.5 Å². The average Bonchev–Trinajstić information content (AvgIpc) is 2.48. The number of nitrogens with zero attached hydrogens (tertiary/aromatic N) is 1. The molecule has 2 rings (SSSR count). The van der Waals surface area contributed by atoms with Crippen LogP contribution >= 0.6 is 0 Å². The second-order valence-corrected chi connectivity index (χ2v) is 5.80. The molecule has 0 aliphatic carbocycles. The first-order valence-corrected chi connectivity index (χ1v) is 8.02. The van der Waals surface area contributed by atoms with Crippen LogP contribution in [0.2, 0.25) is 0 Å². The number of hydrogen-bond acceptors (Lipinski definition) is 5. The van der Waals surface area contributed by atoms with Crippen LogP contribution in [0.1, 0.15) is 12.5 Å². The fourth-order valence-corrected chi connectivity index (χ4v) is 2.21. The highest BCUT2D eigenvalue weighted by molar-refractivity contribution is 7.85. The van der Waals surface area contributed by atoms with E-state index < -0.39 is 10.1 Å². The molecule has 0 heterocycles. The standard InChI is InChI=1S/C15H16N2O4S/c1-2-21-14-5-3-4-12(10-14)11-16-17-13-6-8-15(9-7-13)22(18,19)20/h3-11,17H,2H2,1H3,(H,18,19,20)/b16-11-. The molecule has 7 heteroatoms. The molecule has 0 saturated heterocycles. The van der Waals surface area contributed by atoms with Gasteiger partial charge in [0.15, 0.2) is 0 Å². The van der Waals surface area contributed by atoms with Gasteiger partial charge in [-0.25, -0.2) is 0 Å². The highest BCUT2D eigenvalue weighted by Crippen LogP contribution is 2.14. The van der Waals surface area contributed by atoms with Gasteiger partial charge in [-0.1, -0.05) is 12.1 Å². The van der Waals surface area contributed by atoms with Gasteiger partial charge < -0.3 is 4.74 Å². The van der Waals surface area contributed by atoms with Crippen LogP contribution in [0, 0.1) is 0 Å². The van der Waals surface area contributed by atoms with Crippen molar-refractivity contribution in [2.24, 2.45) is 5.10 Å². The molecule has 0 aromatic heterocycles. The summed E-state index contributed by atoms with van der Waals surface area (Å²) in [4.78, 5) is -0.161. The quantitative estimate of drug-likeness (QED) is 0.485. The summed E-state index contributed by atoms with van der Waals surface area (Å²) in [5.41, 5.74) is 4.25. The number of hydrogen-bond donors (Lipinski definition) is 2. The minimum absolute atomic E-state index is 0.161. The van der Waals surface area contributed by atoms with Gasteiger partial charge in [0.25, 0.3) is 10.1 Å². The van der Waals surface area contributed by atoms with Crippen molar-refractivity contribution in [3.8, 4) is 5.75 Å². The third kappa shape index (κ3) is 4.57. The van der Waals surface area contributed by atoms with Crippen LogP contribution in [0.3, 0.4) is 0 Å². The zero-order valence-electron chi connectivity index (χ0n) is 11.9. The van der Waals surface area contributed by atoms with E-state index in [0.29, 0.717) is 12.3 Å². The van der Waals surface area contributed by atoms with E-state index in [1.807, 2.05) is 31.2 Å². The molecule has 22 heavy (non-hydrogen) atoms. The van der Waals surface area contributed by atoms with Crippen molar-refractivity contribution >= 4 is 22.0 Å². The fraction of sp³-hybridized carbons (Fsp3) is 0.133. The molecule has 6 nitrogen and oxygen atoms in total. The van der Waals surface area contributed by atoms with Gasteiger partial charge >= 0.3 is 0 Å². The Hall–Kier alpha value is -2.38. The monoisotopic (exact) mass is 320 g/mol. The smallest absolute Gasteiger partial charge is 0.294 e. The Morgan fingerprint density at radius 3 is 2.59 bits per heavy atom. The third-order valence-corrected chi connectivity index (χ3v) is 3.60. The second-order valence-electron chi connectivity index (χ2n) is 4.37. The Morgan fingerprint density at radius 2 is 1.95 bits per heavy atom. The topological polar surface area (TPSA) is 88.0 Å². The van der Waals surface area contributed by atoms with Crippen molar-refractivity contribution in [2.45, 2.75) is 11.8 Å². The summed E-state index contributed by atoms with van der Waals surface area (Å²) < 4.78 is 36.1. The maximum absolute atomic E-state index is 10.9. The number of hydrazone groups is 1. The van der Waals surface area contributed by atoms with Crippen molar-refractivity contribution in [3.63, 3.8) is 0 Å². The molecular weight excluding hydrogens is 304 g/mol. The molecule has 0 amide bonds. The van der Waals surface area contributed by atoms with Crippen LogP contribution in [-0.2, 0) is 10.1 Å². The summed E-state index contributed by atoms with van der Waals surface area (Å²) in [5, 5.41) is 4.06. The molecule has 0 fully saturated rings. The Balaban J connectivity index is 2.02. The third-order valence-electron chi connectivity index (χ3n) is 2.73. The summed E-state index contributed by atoms with van der Waals surface area (Å²) in [7, 11) is -4.17. The van der Waals surface area contributed by atoms with E-state index in [4.69, 9.17) is 9.29 Å². The van der Waals surface area contributed by atoms with E-state index in [1.54, 1.807) is 6.21 Å². The molecule has 0 spiro atoms. The van der Waals surface area contributed by atoms with Crippen molar-refractivity contribution < 1.29 is 17.7 Å². The lowest BCUT2D eigenvalue weighted by Crippen LogP contribution is -1.98. The van der Waals surface area contributed by atoms with E-state index in [1.165, 1.54) is 24.3 Å². The summed E-state index contributed by atoms with van der Waals surface area (Å²) >= 11 is 0. The molecular formula is C15H16N2O4S. The molecule has 0 atom stereocenters. The predicted octanol–water partition coefficient (Wildman–Crippen LogP) is 2.78. The minimum Gasteiger partial charge on any atom is -0.494 e. The van der Waals surface area contributed by atoms with Gasteiger partial charge in [0, 0.05) is 0 Å². The molecule has 0 unspecified atom stereocenters. The van der Waals surface area contributed by atoms with Crippen LogP contribution in [0.5, 0.6) is 5.75 Å². The lowest BCUT2D eigenvalue weighted by atomic mass is 10.2. The molecule has 0 bridgehead atoms. The minimum atomic E-state index is -4.17. The zero-order valence-corrected chi connectivity index (χ0v) is 12.7. The molecule has 0 saturated carbocycles. The molecule has 116 valence electrons. The van der Waals surface area contributed by atoms with E-state index in [9.17, 15) is 8.42 Å². The van der Waals surface area contributed by atoms with E-state index in [0.717, 1.165) is 11.3 Å². The first kappa shape index (κ1) is 16.0. The van der Waals surface area contributed by atoms with E-state index in [2.05, 4.69) is 10.5 Å². The Labute approximate surface area is 129 Å². The molecule has 2 aromatic carbocycles. The number of benzene rings is 2. The summed E-state index contributed by atoms with van der Waals surface area (Å²) in [6.07, 6.45) is 1.62. The summed E-state index contributed by atoms with van der Waals surface area (Å²) in [6, 6.07) is 13.1. The van der Waals surface area contributed by atoms with Crippen LogP contribution < -0.4 is 10.2 Å². The number of anilines is 1. The fourth-order valence-electron chi connectivity index (χ4n) is 1.73. The van der Waals surface area contributed by atoms with Crippen molar-refractivity contribution in [3.05, 3.63) is 54.1 Å². The van der Waals surface area contributed by atoms with Crippen molar-refractivity contribution in [1.29, 1.82) is 0 Å². The van der Waals surface area contributed by atoms with Gasteiger partial charge in [-0.05, 0) is 48.9 Å². The van der Waals surface area contributed by atoms with E-state index in [-0.39, 0.29) is 4.90 Å². The Kier molecular flexibility index (Phi) is 5.13. The molecule has 0 radical (unpaired) electrons. The van der Waals surface area contributed by atoms with Gasteiger partial charge in [-0.2, -0.15) is 13.5 Å². The Bertz CT molecular complexity index is 755. The molecule has 2 N–H and O–H groups in total. The van der Waals surface area contributed by atoms with Crippen LogP contribution in [-0.4, -0.2) is 25.8 Å². The maximum Gasteiger partial charge on any atom is 0.294 e. The Morgan fingerprint density at radius 1 is 1.23 bits per heavy atom. The number of rotatable bonds is 6. The largest absolute Gasteiger partial charge is 0.494 e. The van der Waals surface area contributed by atoms with Gasteiger partial charge in [-0.3, -0.25) is 9.98 Å². The summed E-state index contributed by atoms with van der Waals surface area (Å²) in [6.45, 7) is 2.51. The first-order valence-electron chi connectivity index (χ1n) is 6.58. The number of ether oxygens (including phenoxy) is 1. The van der Waals surface area contributed by atoms with Crippen LogP contribution in [0.4, 0.5) is 5.69 Å². The second kappa shape index (κ2) is 7.06. The number of nitrogens with one attached hydrogen (secondary N) is 1. The van der Waals surface area contributed by atoms with Gasteiger partial charge in [-0.15, -0.1) is 0 Å². The summed E-state index contributed by atoms with van der Waals surface area (Å²) in [5.74, 6) is 0.768. The zero-order chi connectivity index (χ0) is 16.0. The highest BCUT2D eigenvalue weighted by atomic mass is 32.2. The first-order chi connectivity index (χ1) is 10.5. The predicted molar refractivity (Wildman–Crippen MR) is 85.1 cm³/mol. The normalized spacial score (nSPS) is 11.5. The van der Waals surface area contributed by atoms with Crippen molar-refractivity contribution in [1.82, 2.24) is 0 Å². The highest BCUT2D eigenvalue weighted by Gasteiger charge is 2.07. The lowest BCUT2D eigenvalue weighted by molar-refractivity contribution is 0.340. The average molecular weight is 320 g/mol. The van der Waals surface area contributed by atoms with Crippen molar-refractivity contribution in [2.75, 3.05) is 12.0 Å². The van der Waals surface area contributed by atoms with Gasteiger partial charge in [0.2, 0.25) is 0 Å². The van der Waals surface area contributed by atoms with Gasteiger partial charge in [0.05, 0.1) is 23.4 Å². The lowest BCUT2D eigenvalue weighted by Gasteiger charge is -2.03. The molecule has 2 aromatic rings. The van der Waals surface area contributed by atoms with Crippen LogP contribution in [0.25, 0.3) is 0 Å². The maximum atomic E-state index is 10.9. The molecule has 0 aliphatic rings. The van der Waals surface area contributed by atoms with E-state index >= 15 is 0 Å². The molecule has 0 aliphatic heterocycles. The van der Waals surface area contributed by atoms with Gasteiger partial charge in [0.1, 0.15) is 5.75 Å².